The van der Waals surface area contributed by atoms with Gasteiger partial charge >= 0.3 is 0 Å². The van der Waals surface area contributed by atoms with E-state index in [0.717, 1.165) is 19.5 Å². The Hall–Kier alpha value is -0.560. The van der Waals surface area contributed by atoms with Gasteiger partial charge in [0.05, 0.1) is 0 Å². The Bertz CT molecular complexity index is 163. The van der Waals surface area contributed by atoms with Crippen LogP contribution >= 0.6 is 0 Å². The zero-order valence-electron chi connectivity index (χ0n) is 9.34. The molecule has 0 bridgehead atoms. The maximum absolute atomic E-state index is 3.91. The fraction of sp³-hybridized carbons (Fsp3) is 0.667. The Morgan fingerprint density at radius 3 is 2.23 bits per heavy atom. The molecule has 0 saturated heterocycles. The molecule has 0 spiro atoms. The second kappa shape index (κ2) is 5.98. The standard InChI is InChI=1S/C12H23N/c1-6-10-13(11-7-2)12(5,8-3)9-4/h6,8H,1,3,7,9-11H2,2,4-5H3. The predicted octanol–water partition coefficient (Wildman–Crippen LogP) is 3.24. The molecule has 0 aliphatic rings. The van der Waals surface area contributed by atoms with Gasteiger partial charge in [-0.25, -0.2) is 0 Å². The van der Waals surface area contributed by atoms with E-state index < -0.39 is 0 Å². The molecule has 76 valence electrons. The van der Waals surface area contributed by atoms with Crippen LogP contribution in [0.2, 0.25) is 0 Å². The summed E-state index contributed by atoms with van der Waals surface area (Å²) in [5.41, 5.74) is 0.129. The number of hydrogen-bond donors (Lipinski definition) is 0. The second-order valence-electron chi connectivity index (χ2n) is 3.65. The molecular formula is C12H23N. The first-order chi connectivity index (χ1) is 6.14. The van der Waals surface area contributed by atoms with Crippen LogP contribution in [0.1, 0.15) is 33.6 Å². The van der Waals surface area contributed by atoms with E-state index in [-0.39, 0.29) is 5.54 Å². The third-order valence-electron chi connectivity index (χ3n) is 2.72. The predicted molar refractivity (Wildman–Crippen MR) is 61.0 cm³/mol. The van der Waals surface area contributed by atoms with Crippen LogP contribution in [-0.4, -0.2) is 23.5 Å². The van der Waals surface area contributed by atoms with Crippen molar-refractivity contribution in [1.82, 2.24) is 4.90 Å². The average Bonchev–Trinajstić information content (AvgIpc) is 2.16. The summed E-state index contributed by atoms with van der Waals surface area (Å²) in [5.74, 6) is 0. The van der Waals surface area contributed by atoms with Crippen molar-refractivity contribution < 1.29 is 0 Å². The SMILES string of the molecule is C=CCN(CCC)C(C)(C=C)CC. The number of hydrogen-bond acceptors (Lipinski definition) is 1. The highest BCUT2D eigenvalue weighted by Crippen LogP contribution is 2.20. The van der Waals surface area contributed by atoms with Crippen molar-refractivity contribution in [1.29, 1.82) is 0 Å². The van der Waals surface area contributed by atoms with E-state index in [9.17, 15) is 0 Å². The zero-order chi connectivity index (χ0) is 10.3. The van der Waals surface area contributed by atoms with Crippen LogP contribution in [-0.2, 0) is 0 Å². The fourth-order valence-corrected chi connectivity index (χ4v) is 1.48. The third kappa shape index (κ3) is 3.35. The molecule has 1 heteroatoms. The van der Waals surface area contributed by atoms with Crippen LogP contribution < -0.4 is 0 Å². The minimum absolute atomic E-state index is 0.129. The van der Waals surface area contributed by atoms with Gasteiger partial charge in [0.15, 0.2) is 0 Å². The van der Waals surface area contributed by atoms with Crippen molar-refractivity contribution in [2.24, 2.45) is 0 Å². The monoisotopic (exact) mass is 181 g/mol. The van der Waals surface area contributed by atoms with Crippen LogP contribution in [0.5, 0.6) is 0 Å². The normalized spacial score (nSPS) is 15.4. The molecule has 1 nitrogen and oxygen atoms in total. The first-order valence-corrected chi connectivity index (χ1v) is 5.14. The molecule has 1 unspecified atom stereocenters. The number of nitrogens with zero attached hydrogens (tertiary/aromatic N) is 1. The summed E-state index contributed by atoms with van der Waals surface area (Å²) in [6.07, 6.45) is 6.29. The lowest BCUT2D eigenvalue weighted by molar-refractivity contribution is 0.159. The molecule has 0 saturated carbocycles. The van der Waals surface area contributed by atoms with Crippen molar-refractivity contribution in [3.05, 3.63) is 25.3 Å². The van der Waals surface area contributed by atoms with Crippen LogP contribution in [0.3, 0.4) is 0 Å². The summed E-state index contributed by atoms with van der Waals surface area (Å²) >= 11 is 0. The maximum atomic E-state index is 3.91. The molecule has 0 heterocycles. The van der Waals surface area contributed by atoms with E-state index in [2.05, 4.69) is 38.8 Å². The molecule has 0 aromatic heterocycles. The van der Waals surface area contributed by atoms with E-state index in [1.54, 1.807) is 0 Å². The Morgan fingerprint density at radius 1 is 1.31 bits per heavy atom. The van der Waals surface area contributed by atoms with Gasteiger partial charge in [-0.1, -0.05) is 26.0 Å². The first kappa shape index (κ1) is 12.4. The summed E-state index contributed by atoms with van der Waals surface area (Å²) in [6.45, 7) is 16.4. The lowest BCUT2D eigenvalue weighted by Gasteiger charge is -2.37. The average molecular weight is 181 g/mol. The Morgan fingerprint density at radius 2 is 1.92 bits per heavy atom. The lowest BCUT2D eigenvalue weighted by atomic mass is 9.96. The highest BCUT2D eigenvalue weighted by atomic mass is 15.2. The molecule has 0 aromatic rings. The van der Waals surface area contributed by atoms with E-state index in [1.165, 1.54) is 6.42 Å². The fourth-order valence-electron chi connectivity index (χ4n) is 1.48. The molecular weight excluding hydrogens is 158 g/mol. The van der Waals surface area contributed by atoms with Gasteiger partial charge in [-0.2, -0.15) is 0 Å². The minimum Gasteiger partial charge on any atom is -0.291 e. The molecule has 0 amide bonds. The molecule has 0 N–H and O–H groups in total. The third-order valence-corrected chi connectivity index (χ3v) is 2.72. The first-order valence-electron chi connectivity index (χ1n) is 5.14. The van der Waals surface area contributed by atoms with Crippen LogP contribution in [0.15, 0.2) is 25.3 Å². The Kier molecular flexibility index (Phi) is 5.72. The summed E-state index contributed by atoms with van der Waals surface area (Å²) in [4.78, 5) is 2.42. The highest BCUT2D eigenvalue weighted by Gasteiger charge is 2.24. The van der Waals surface area contributed by atoms with Crippen molar-refractivity contribution >= 4 is 0 Å². The molecule has 0 rings (SSSR count). The van der Waals surface area contributed by atoms with E-state index in [1.807, 2.05) is 12.2 Å². The van der Waals surface area contributed by atoms with E-state index in [0.29, 0.717) is 0 Å². The van der Waals surface area contributed by atoms with Crippen molar-refractivity contribution in [2.75, 3.05) is 13.1 Å². The smallest absolute Gasteiger partial charge is 0.0361 e. The van der Waals surface area contributed by atoms with Gasteiger partial charge in [0.25, 0.3) is 0 Å². The number of rotatable bonds is 7. The molecule has 0 radical (unpaired) electrons. The second-order valence-corrected chi connectivity index (χ2v) is 3.65. The van der Waals surface area contributed by atoms with Crippen molar-refractivity contribution in [3.63, 3.8) is 0 Å². The van der Waals surface area contributed by atoms with Gasteiger partial charge in [-0.3, -0.25) is 4.90 Å². The topological polar surface area (TPSA) is 3.24 Å². The molecule has 13 heavy (non-hydrogen) atoms. The molecule has 0 aliphatic carbocycles. The quantitative estimate of drug-likeness (QED) is 0.545. The van der Waals surface area contributed by atoms with E-state index >= 15 is 0 Å². The molecule has 1 atom stereocenters. The Balaban J connectivity index is 4.46. The van der Waals surface area contributed by atoms with Gasteiger partial charge < -0.3 is 0 Å². The summed E-state index contributed by atoms with van der Waals surface area (Å²) in [5, 5.41) is 0. The summed E-state index contributed by atoms with van der Waals surface area (Å²) in [7, 11) is 0. The van der Waals surface area contributed by atoms with Crippen LogP contribution in [0.4, 0.5) is 0 Å². The van der Waals surface area contributed by atoms with Crippen molar-refractivity contribution in [2.45, 2.75) is 39.2 Å². The zero-order valence-corrected chi connectivity index (χ0v) is 9.34. The van der Waals surface area contributed by atoms with Crippen molar-refractivity contribution in [3.8, 4) is 0 Å². The molecule has 0 fully saturated rings. The summed E-state index contributed by atoms with van der Waals surface area (Å²) in [6, 6.07) is 0. The largest absolute Gasteiger partial charge is 0.291 e. The summed E-state index contributed by atoms with van der Waals surface area (Å²) < 4.78 is 0. The van der Waals surface area contributed by atoms with Crippen LogP contribution in [0, 0.1) is 0 Å². The van der Waals surface area contributed by atoms with Gasteiger partial charge in [-0.05, 0) is 26.3 Å². The van der Waals surface area contributed by atoms with Gasteiger partial charge in [0, 0.05) is 12.1 Å². The highest BCUT2D eigenvalue weighted by molar-refractivity contribution is 5.01. The van der Waals surface area contributed by atoms with Gasteiger partial charge in [-0.15, -0.1) is 13.2 Å². The van der Waals surface area contributed by atoms with Gasteiger partial charge in [0.2, 0.25) is 0 Å². The molecule has 0 aromatic carbocycles. The lowest BCUT2D eigenvalue weighted by Crippen LogP contribution is -2.44. The van der Waals surface area contributed by atoms with Crippen LogP contribution in [0.25, 0.3) is 0 Å². The van der Waals surface area contributed by atoms with E-state index in [4.69, 9.17) is 0 Å². The Labute approximate surface area is 83.1 Å². The van der Waals surface area contributed by atoms with Gasteiger partial charge in [0.1, 0.15) is 0 Å². The molecule has 0 aliphatic heterocycles. The maximum Gasteiger partial charge on any atom is 0.0361 e. The minimum atomic E-state index is 0.129.